The summed E-state index contributed by atoms with van der Waals surface area (Å²) < 4.78 is 12.1. The number of hydrogen-bond acceptors (Lipinski definition) is 2. The van der Waals surface area contributed by atoms with Crippen molar-refractivity contribution in [2.24, 2.45) is 11.8 Å². The van der Waals surface area contributed by atoms with Gasteiger partial charge >= 0.3 is 7.12 Å². The topological polar surface area (TPSA) is 18.5 Å². The highest BCUT2D eigenvalue weighted by atomic mass is 16.7. The zero-order valence-electron chi connectivity index (χ0n) is 11.0. The fourth-order valence-electron chi connectivity index (χ4n) is 2.03. The Balaban J connectivity index is 2.65. The van der Waals surface area contributed by atoms with Crippen LogP contribution in [0.15, 0.2) is 0 Å². The van der Waals surface area contributed by atoms with Gasteiger partial charge in [0, 0.05) is 0 Å². The third kappa shape index (κ3) is 2.98. The van der Waals surface area contributed by atoms with Gasteiger partial charge in [-0.05, 0) is 17.7 Å². The maximum absolute atomic E-state index is 6.03. The molecule has 1 rings (SSSR count). The molecule has 88 valence electrons. The third-order valence-corrected chi connectivity index (χ3v) is 3.33. The highest BCUT2D eigenvalue weighted by Crippen LogP contribution is 2.33. The van der Waals surface area contributed by atoms with Gasteiger partial charge in [-0.25, -0.2) is 0 Å². The van der Waals surface area contributed by atoms with E-state index in [9.17, 15) is 0 Å². The second kappa shape index (κ2) is 5.35. The van der Waals surface area contributed by atoms with Crippen LogP contribution in [0.5, 0.6) is 0 Å². The molecule has 1 aliphatic heterocycles. The smallest absolute Gasteiger partial charge is 0.405 e. The van der Waals surface area contributed by atoms with E-state index in [0.717, 1.165) is 6.42 Å². The van der Waals surface area contributed by atoms with Gasteiger partial charge in [-0.1, -0.05) is 48.0 Å². The van der Waals surface area contributed by atoms with E-state index in [2.05, 4.69) is 41.5 Å². The fraction of sp³-hybridized carbons (Fsp3) is 1.00. The van der Waals surface area contributed by atoms with Gasteiger partial charge in [-0.3, -0.25) is 0 Å². The zero-order valence-corrected chi connectivity index (χ0v) is 11.0. The van der Waals surface area contributed by atoms with E-state index in [-0.39, 0.29) is 19.3 Å². The fourth-order valence-corrected chi connectivity index (χ4v) is 2.03. The van der Waals surface area contributed by atoms with Crippen LogP contribution < -0.4 is 0 Å². The molecular weight excluding hydrogens is 187 g/mol. The molecule has 0 aromatic heterocycles. The molecular formula is C12H25BO2. The van der Waals surface area contributed by atoms with Crippen LogP contribution in [0.3, 0.4) is 0 Å². The zero-order chi connectivity index (χ0) is 11.6. The second-order valence-electron chi connectivity index (χ2n) is 5.44. The highest BCUT2D eigenvalue weighted by molar-refractivity contribution is 6.47. The summed E-state index contributed by atoms with van der Waals surface area (Å²) in [5, 5.41) is 0. The molecule has 0 spiro atoms. The van der Waals surface area contributed by atoms with Gasteiger partial charge in [-0.15, -0.1) is 0 Å². The summed E-state index contributed by atoms with van der Waals surface area (Å²) in [6.45, 7) is 13.2. The van der Waals surface area contributed by atoms with Gasteiger partial charge in [0.1, 0.15) is 0 Å². The Hall–Kier alpha value is -0.0151. The molecule has 3 heteroatoms. The minimum absolute atomic E-state index is 0.00907. The van der Waals surface area contributed by atoms with E-state index < -0.39 is 0 Å². The summed E-state index contributed by atoms with van der Waals surface area (Å²) in [5.41, 5.74) is 0. The molecule has 0 aliphatic carbocycles. The first-order valence-corrected chi connectivity index (χ1v) is 6.28. The van der Waals surface area contributed by atoms with Crippen LogP contribution in [0.2, 0.25) is 5.82 Å². The predicted molar refractivity (Wildman–Crippen MR) is 64.9 cm³/mol. The lowest BCUT2D eigenvalue weighted by molar-refractivity contribution is 0.0815. The lowest BCUT2D eigenvalue weighted by Crippen LogP contribution is -2.31. The lowest BCUT2D eigenvalue weighted by Gasteiger charge is -2.24. The molecule has 1 aliphatic rings. The first-order chi connectivity index (χ1) is 6.97. The van der Waals surface area contributed by atoms with Gasteiger partial charge in [-0.2, -0.15) is 0 Å². The number of hydrogen-bond donors (Lipinski definition) is 0. The normalized spacial score (nSPS) is 29.2. The van der Waals surface area contributed by atoms with Crippen molar-refractivity contribution >= 4 is 7.12 Å². The highest BCUT2D eigenvalue weighted by Gasteiger charge is 2.44. The first-order valence-electron chi connectivity index (χ1n) is 6.28. The molecule has 0 aromatic rings. The minimum Gasteiger partial charge on any atom is -0.405 e. The van der Waals surface area contributed by atoms with Gasteiger partial charge in [0.05, 0.1) is 12.2 Å². The van der Waals surface area contributed by atoms with Crippen LogP contribution in [0.1, 0.15) is 48.0 Å². The molecule has 0 bridgehead atoms. The van der Waals surface area contributed by atoms with Gasteiger partial charge in [0.2, 0.25) is 0 Å². The molecule has 0 unspecified atom stereocenters. The lowest BCUT2D eigenvalue weighted by atomic mass is 9.72. The Labute approximate surface area is 94.9 Å². The largest absolute Gasteiger partial charge is 0.460 e. The van der Waals surface area contributed by atoms with Crippen molar-refractivity contribution in [2.75, 3.05) is 0 Å². The van der Waals surface area contributed by atoms with E-state index in [1.807, 2.05) is 0 Å². The maximum atomic E-state index is 6.03. The third-order valence-electron chi connectivity index (χ3n) is 3.33. The predicted octanol–water partition coefficient (Wildman–Crippen LogP) is 3.37. The van der Waals surface area contributed by atoms with E-state index in [0.29, 0.717) is 17.7 Å². The van der Waals surface area contributed by atoms with Crippen LogP contribution in [0.25, 0.3) is 0 Å². The van der Waals surface area contributed by atoms with Crippen LogP contribution in [-0.4, -0.2) is 19.3 Å². The Bertz CT molecular complexity index is 178. The Kier molecular flexibility index (Phi) is 4.66. The van der Waals surface area contributed by atoms with Crippen molar-refractivity contribution in [3.63, 3.8) is 0 Å². The molecule has 1 saturated heterocycles. The quantitative estimate of drug-likeness (QED) is 0.665. The summed E-state index contributed by atoms with van der Waals surface area (Å²) in [6, 6.07) is 0. The standard InChI is InChI=1S/C12H25BO2/c1-7-10(6)13-14-11(8(2)3)12(15-13)9(4)5/h8-12H,7H2,1-6H3/t10-,11-,12-/m0/s1. The van der Waals surface area contributed by atoms with Crippen molar-refractivity contribution in [1.82, 2.24) is 0 Å². The summed E-state index contributed by atoms with van der Waals surface area (Å²) in [7, 11) is 0.00907. The average molecular weight is 212 g/mol. The van der Waals surface area contributed by atoms with Crippen LogP contribution in [0.4, 0.5) is 0 Å². The molecule has 0 saturated carbocycles. The van der Waals surface area contributed by atoms with Crippen molar-refractivity contribution in [3.8, 4) is 0 Å². The Morgan fingerprint density at radius 3 is 1.60 bits per heavy atom. The molecule has 3 atom stereocenters. The summed E-state index contributed by atoms with van der Waals surface area (Å²) in [6.07, 6.45) is 1.65. The van der Waals surface area contributed by atoms with Crippen molar-refractivity contribution in [2.45, 2.75) is 66.0 Å². The summed E-state index contributed by atoms with van der Waals surface area (Å²) >= 11 is 0. The maximum Gasteiger partial charge on any atom is 0.460 e. The van der Waals surface area contributed by atoms with Crippen LogP contribution in [0, 0.1) is 11.8 Å². The first kappa shape index (κ1) is 13.1. The molecule has 0 amide bonds. The summed E-state index contributed by atoms with van der Waals surface area (Å²) in [4.78, 5) is 0. The van der Waals surface area contributed by atoms with Gasteiger partial charge in [0.25, 0.3) is 0 Å². The Morgan fingerprint density at radius 2 is 1.33 bits per heavy atom. The van der Waals surface area contributed by atoms with Crippen molar-refractivity contribution in [1.29, 1.82) is 0 Å². The van der Waals surface area contributed by atoms with E-state index in [1.54, 1.807) is 0 Å². The molecule has 15 heavy (non-hydrogen) atoms. The minimum atomic E-state index is 0.00907. The second-order valence-corrected chi connectivity index (χ2v) is 5.44. The van der Waals surface area contributed by atoms with Gasteiger partial charge < -0.3 is 9.31 Å². The summed E-state index contributed by atoms with van der Waals surface area (Å²) in [5.74, 6) is 1.56. The van der Waals surface area contributed by atoms with E-state index in [4.69, 9.17) is 9.31 Å². The van der Waals surface area contributed by atoms with Crippen molar-refractivity contribution < 1.29 is 9.31 Å². The molecule has 0 aromatic carbocycles. The molecule has 1 heterocycles. The average Bonchev–Trinajstić information content (AvgIpc) is 2.61. The molecule has 0 N–H and O–H groups in total. The number of rotatable bonds is 4. The Morgan fingerprint density at radius 1 is 0.933 bits per heavy atom. The molecule has 1 fully saturated rings. The van der Waals surface area contributed by atoms with Crippen LogP contribution >= 0.6 is 0 Å². The van der Waals surface area contributed by atoms with Gasteiger partial charge in [0.15, 0.2) is 0 Å². The molecule has 0 radical (unpaired) electrons. The van der Waals surface area contributed by atoms with Crippen LogP contribution in [-0.2, 0) is 9.31 Å². The molecule has 2 nitrogen and oxygen atoms in total. The van der Waals surface area contributed by atoms with Crippen molar-refractivity contribution in [3.05, 3.63) is 0 Å². The van der Waals surface area contributed by atoms with E-state index >= 15 is 0 Å². The monoisotopic (exact) mass is 212 g/mol. The van der Waals surface area contributed by atoms with E-state index in [1.165, 1.54) is 0 Å². The SMILES string of the molecule is CC[C@H](C)B1O[C@@H](C(C)C)[C@H](C(C)C)O1.